The Morgan fingerprint density at radius 2 is 1.00 bits per heavy atom. The molecule has 0 bridgehead atoms. The van der Waals surface area contributed by atoms with Gasteiger partial charge in [-0.1, -0.05) is 0 Å². The molecule has 3 nitrogen and oxygen atoms in total. The molecule has 0 amide bonds. The summed E-state index contributed by atoms with van der Waals surface area (Å²) in [6.45, 7) is 25.1. The van der Waals surface area contributed by atoms with E-state index in [1.54, 1.807) is 0 Å². The molecule has 0 spiro atoms. The van der Waals surface area contributed by atoms with E-state index in [0.717, 1.165) is 0 Å². The Hall–Kier alpha value is 0.610. The van der Waals surface area contributed by atoms with Crippen LogP contribution in [-0.2, 0) is 0 Å². The van der Waals surface area contributed by atoms with Crippen LogP contribution in [0.15, 0.2) is 0 Å². The van der Waals surface area contributed by atoms with E-state index >= 15 is 0 Å². The van der Waals surface area contributed by atoms with E-state index < -0.39 is 0 Å². The normalized spacial score (nSPS) is 15.7. The van der Waals surface area contributed by atoms with Crippen molar-refractivity contribution >= 4 is 22.9 Å². The monoisotopic (exact) mass is 411 g/mol. The van der Waals surface area contributed by atoms with Gasteiger partial charge >= 0.3 is 0 Å². The van der Waals surface area contributed by atoms with E-state index in [-0.39, 0.29) is 27.7 Å². The summed E-state index contributed by atoms with van der Waals surface area (Å²) in [5.41, 5.74) is 0.0127. The number of hydrogen-bond donors (Lipinski definition) is 2. The highest BCUT2D eigenvalue weighted by atomic mass is 127. The van der Waals surface area contributed by atoms with Crippen molar-refractivity contribution < 1.29 is 0 Å². The molecule has 0 aliphatic carbocycles. The van der Waals surface area contributed by atoms with Gasteiger partial charge in [0, 0.05) is 50.6 Å². The largest absolute Gasteiger partial charge is 0.313 e. The summed E-state index contributed by atoms with van der Waals surface area (Å²) in [4.78, 5) is 0. The summed E-state index contributed by atoms with van der Waals surface area (Å²) in [5.74, 6) is 0. The summed E-state index contributed by atoms with van der Waals surface area (Å²) in [6.07, 6.45) is 0. The molecule has 0 heterocycles. The molecule has 2 N–H and O–H groups in total. The van der Waals surface area contributed by atoms with Crippen molar-refractivity contribution in [3.8, 4) is 0 Å². The molecule has 21 heavy (non-hydrogen) atoms. The Kier molecular flexibility index (Phi) is 6.43. The molecule has 0 saturated carbocycles. The zero-order chi connectivity index (χ0) is 17.5. The predicted octanol–water partition coefficient (Wildman–Crippen LogP) is 4.36. The number of halogens is 1. The zero-order valence-corrected chi connectivity index (χ0v) is 18.5. The van der Waals surface area contributed by atoms with Crippen molar-refractivity contribution in [1.29, 1.82) is 0 Å². The van der Waals surface area contributed by atoms with Gasteiger partial charge < -0.3 is 10.6 Å². The minimum Gasteiger partial charge on any atom is -0.313 e. The van der Waals surface area contributed by atoms with Gasteiger partial charge in [-0.25, -0.2) is 3.11 Å². The smallest absolute Gasteiger partial charge is 0.0431 e. The lowest BCUT2D eigenvalue weighted by atomic mass is 9.75. The van der Waals surface area contributed by atoms with Crippen LogP contribution in [-0.4, -0.2) is 37.9 Å². The second kappa shape index (κ2) is 6.25. The molecule has 0 aromatic carbocycles. The number of rotatable bonds is 6. The Labute approximate surface area is 147 Å². The molecule has 0 atom stereocenters. The van der Waals surface area contributed by atoms with Crippen molar-refractivity contribution in [1.82, 2.24) is 13.7 Å². The Bertz CT molecular complexity index is 352. The van der Waals surface area contributed by atoms with E-state index in [4.69, 9.17) is 0 Å². The number of nitrogens with one attached hydrogen (secondary N) is 2. The highest BCUT2D eigenvalue weighted by Gasteiger charge is 2.51. The fourth-order valence-electron chi connectivity index (χ4n) is 2.59. The molecule has 4 heteroatoms. The molecule has 0 aromatic heterocycles. The topological polar surface area (TPSA) is 27.3 Å². The van der Waals surface area contributed by atoms with Crippen LogP contribution in [0.4, 0.5) is 0 Å². The minimum atomic E-state index is -0.0342. The molecular weight excluding hydrogens is 373 g/mol. The van der Waals surface area contributed by atoms with Gasteiger partial charge in [0.15, 0.2) is 0 Å². The maximum atomic E-state index is 3.79. The highest BCUT2D eigenvalue weighted by molar-refractivity contribution is 14.1. The summed E-state index contributed by atoms with van der Waals surface area (Å²) < 4.78 is 2.48. The molecule has 0 aromatic rings. The fraction of sp³-hybridized carbons (Fsp3) is 1.00. The Morgan fingerprint density at radius 3 is 1.29 bits per heavy atom. The van der Waals surface area contributed by atoms with E-state index in [9.17, 15) is 0 Å². The standard InChI is InChI=1S/C17H38IN3/c1-13(2,3)20-15(6,7)17(10,11)21(18)16(8,9)14(4,5)19-12/h19-20H,1-12H3. The molecule has 0 rings (SSSR count). The van der Waals surface area contributed by atoms with Gasteiger partial charge in [-0.05, 0) is 83.2 Å². The SMILES string of the molecule is CNC(C)(C)C(C)(C)N(I)C(C)(C)C(C)(C)NC(C)(C)C. The third kappa shape index (κ3) is 4.55. The highest BCUT2D eigenvalue weighted by Crippen LogP contribution is 2.42. The van der Waals surface area contributed by atoms with Gasteiger partial charge in [0.2, 0.25) is 0 Å². The van der Waals surface area contributed by atoms with Gasteiger partial charge in [0.05, 0.1) is 0 Å². The van der Waals surface area contributed by atoms with Crippen LogP contribution < -0.4 is 10.6 Å². The molecule has 0 radical (unpaired) electrons. The van der Waals surface area contributed by atoms with Crippen LogP contribution in [0.5, 0.6) is 0 Å². The number of nitrogens with zero attached hydrogens (tertiary/aromatic N) is 1. The Morgan fingerprint density at radius 1 is 0.667 bits per heavy atom. The molecule has 0 aliphatic rings. The zero-order valence-electron chi connectivity index (χ0n) is 16.3. The Balaban J connectivity index is 5.60. The van der Waals surface area contributed by atoms with Gasteiger partial charge in [0.1, 0.15) is 0 Å². The van der Waals surface area contributed by atoms with Crippen LogP contribution in [0, 0.1) is 0 Å². The lowest BCUT2D eigenvalue weighted by molar-refractivity contribution is 0.0161. The van der Waals surface area contributed by atoms with Crippen LogP contribution in [0.2, 0.25) is 0 Å². The van der Waals surface area contributed by atoms with Gasteiger partial charge in [-0.15, -0.1) is 0 Å². The van der Waals surface area contributed by atoms with E-state index in [0.29, 0.717) is 0 Å². The van der Waals surface area contributed by atoms with E-state index in [2.05, 4.69) is 113 Å². The lowest BCUT2D eigenvalue weighted by Gasteiger charge is -2.58. The third-order valence-corrected chi connectivity index (χ3v) is 7.77. The van der Waals surface area contributed by atoms with Crippen molar-refractivity contribution in [3.63, 3.8) is 0 Å². The first-order valence-corrected chi connectivity index (χ1v) is 8.83. The van der Waals surface area contributed by atoms with Crippen LogP contribution in [0.3, 0.4) is 0 Å². The van der Waals surface area contributed by atoms with Crippen molar-refractivity contribution in [2.45, 2.75) is 104 Å². The maximum absolute atomic E-state index is 3.79. The van der Waals surface area contributed by atoms with Crippen LogP contribution >= 0.6 is 22.9 Å². The van der Waals surface area contributed by atoms with Crippen molar-refractivity contribution in [2.24, 2.45) is 0 Å². The summed E-state index contributed by atoms with van der Waals surface area (Å²) in [7, 11) is 2.04. The average Bonchev–Trinajstić information content (AvgIpc) is 2.23. The molecular formula is C17H38IN3. The van der Waals surface area contributed by atoms with Crippen LogP contribution in [0.25, 0.3) is 0 Å². The average molecular weight is 411 g/mol. The predicted molar refractivity (Wildman–Crippen MR) is 104 cm³/mol. The molecule has 0 fully saturated rings. The lowest BCUT2D eigenvalue weighted by Crippen LogP contribution is -2.72. The summed E-state index contributed by atoms with van der Waals surface area (Å²) >= 11 is 2.51. The van der Waals surface area contributed by atoms with Crippen molar-refractivity contribution in [3.05, 3.63) is 0 Å². The molecule has 0 unspecified atom stereocenters. The third-order valence-electron chi connectivity index (χ3n) is 5.35. The van der Waals surface area contributed by atoms with Gasteiger partial charge in [-0.2, -0.15) is 0 Å². The maximum Gasteiger partial charge on any atom is 0.0431 e. The first-order valence-electron chi connectivity index (χ1n) is 7.87. The first-order chi connectivity index (χ1) is 8.92. The second-order valence-corrected chi connectivity index (χ2v) is 10.2. The molecule has 0 saturated heterocycles. The van der Waals surface area contributed by atoms with Crippen LogP contribution in [0.1, 0.15) is 76.2 Å². The summed E-state index contributed by atoms with van der Waals surface area (Å²) in [6, 6.07) is 0. The van der Waals surface area contributed by atoms with Crippen molar-refractivity contribution in [2.75, 3.05) is 7.05 Å². The minimum absolute atomic E-state index is 0.00325. The number of hydrogen-bond acceptors (Lipinski definition) is 3. The quantitative estimate of drug-likeness (QED) is 0.502. The second-order valence-electron chi connectivity index (χ2n) is 9.27. The van der Waals surface area contributed by atoms with E-state index in [1.807, 2.05) is 7.05 Å². The molecule has 0 aliphatic heterocycles. The summed E-state index contributed by atoms with van der Waals surface area (Å²) in [5, 5.41) is 7.26. The van der Waals surface area contributed by atoms with Gasteiger partial charge in [-0.3, -0.25) is 0 Å². The van der Waals surface area contributed by atoms with E-state index in [1.165, 1.54) is 0 Å². The first kappa shape index (κ1) is 21.6. The fourth-order valence-corrected chi connectivity index (χ4v) is 3.79. The number of likely N-dealkylation sites (N-methyl/N-ethyl adjacent to an activating group) is 1. The van der Waals surface area contributed by atoms with Gasteiger partial charge in [0.25, 0.3) is 0 Å². The molecule has 128 valence electrons.